The number of aliphatic hydroxyl groups excluding tert-OH is 1. The maximum Gasteiger partial charge on any atom is 0.355 e. The van der Waals surface area contributed by atoms with Gasteiger partial charge in [-0.1, -0.05) is 43.7 Å². The highest BCUT2D eigenvalue weighted by molar-refractivity contribution is 5.91. The number of H-pyrrole nitrogens is 1. The third-order valence-electron chi connectivity index (χ3n) is 4.57. The van der Waals surface area contributed by atoms with Gasteiger partial charge in [0.05, 0.1) is 12.1 Å². The second kappa shape index (κ2) is 9.37. The van der Waals surface area contributed by atoms with Crippen LogP contribution in [-0.2, 0) is 9.53 Å². The van der Waals surface area contributed by atoms with E-state index in [0.29, 0.717) is 16.8 Å². The first-order chi connectivity index (χ1) is 12.8. The molecule has 1 heterocycles. The molecule has 0 radical (unpaired) electrons. The number of hydrogen-bond acceptors (Lipinski definition) is 4. The van der Waals surface area contributed by atoms with E-state index in [1.165, 1.54) is 0 Å². The average molecular weight is 372 g/mol. The summed E-state index contributed by atoms with van der Waals surface area (Å²) in [5.41, 5.74) is 3.33. The van der Waals surface area contributed by atoms with Gasteiger partial charge in [0.2, 0.25) is 0 Å². The van der Waals surface area contributed by atoms with Crippen molar-refractivity contribution in [2.75, 3.05) is 6.61 Å². The minimum Gasteiger partial charge on any atom is -0.451 e. The van der Waals surface area contributed by atoms with E-state index in [1.54, 1.807) is 20.8 Å². The Morgan fingerprint density at radius 2 is 1.89 bits per heavy atom. The van der Waals surface area contributed by atoms with Crippen molar-refractivity contribution in [1.29, 1.82) is 0 Å². The van der Waals surface area contributed by atoms with E-state index < -0.39 is 12.1 Å². The van der Waals surface area contributed by atoms with Crippen molar-refractivity contribution < 1.29 is 19.4 Å². The molecule has 0 aliphatic carbocycles. The first kappa shape index (κ1) is 20.7. The Morgan fingerprint density at radius 3 is 2.44 bits per heavy atom. The van der Waals surface area contributed by atoms with Crippen LogP contribution in [0.5, 0.6) is 0 Å². The van der Waals surface area contributed by atoms with Gasteiger partial charge < -0.3 is 20.1 Å². The molecule has 1 amide bonds. The zero-order valence-corrected chi connectivity index (χ0v) is 16.3. The van der Waals surface area contributed by atoms with Crippen LogP contribution in [-0.4, -0.2) is 28.6 Å². The Morgan fingerprint density at radius 1 is 1.22 bits per heavy atom. The summed E-state index contributed by atoms with van der Waals surface area (Å²) in [6.45, 7) is 6.87. The molecular formula is C21H28N2O4. The van der Waals surface area contributed by atoms with E-state index in [1.807, 2.05) is 30.3 Å². The number of nitrogens with one attached hydrogen (secondary N) is 2. The molecule has 146 valence electrons. The van der Waals surface area contributed by atoms with Crippen LogP contribution in [0.15, 0.2) is 30.3 Å². The van der Waals surface area contributed by atoms with Crippen molar-refractivity contribution in [3.8, 4) is 0 Å². The van der Waals surface area contributed by atoms with Crippen molar-refractivity contribution in [2.24, 2.45) is 0 Å². The monoisotopic (exact) mass is 372 g/mol. The zero-order valence-electron chi connectivity index (χ0n) is 16.3. The molecule has 1 aromatic carbocycles. The first-order valence-electron chi connectivity index (χ1n) is 9.23. The number of benzene rings is 1. The molecule has 0 saturated heterocycles. The van der Waals surface area contributed by atoms with Gasteiger partial charge in [0, 0.05) is 11.3 Å². The number of aromatic amines is 1. The number of carbonyl (C=O) groups excluding carboxylic acids is 2. The lowest BCUT2D eigenvalue weighted by molar-refractivity contribution is -0.125. The predicted molar refractivity (Wildman–Crippen MR) is 103 cm³/mol. The summed E-state index contributed by atoms with van der Waals surface area (Å²) in [7, 11) is 0. The molecule has 0 aliphatic rings. The SMILES string of the molecule is CCC[C@H](NC(=O)COC(=O)c1[nH]c(C)c([C@H](C)O)c1C)c1ccccc1. The van der Waals surface area contributed by atoms with Crippen molar-refractivity contribution in [3.05, 3.63) is 58.4 Å². The van der Waals surface area contributed by atoms with Crippen LogP contribution in [0.4, 0.5) is 0 Å². The van der Waals surface area contributed by atoms with E-state index >= 15 is 0 Å². The van der Waals surface area contributed by atoms with Crippen LogP contribution in [0.3, 0.4) is 0 Å². The molecule has 3 N–H and O–H groups in total. The van der Waals surface area contributed by atoms with E-state index in [0.717, 1.165) is 18.4 Å². The van der Waals surface area contributed by atoms with Gasteiger partial charge >= 0.3 is 5.97 Å². The van der Waals surface area contributed by atoms with E-state index in [2.05, 4.69) is 17.2 Å². The van der Waals surface area contributed by atoms with E-state index in [-0.39, 0.29) is 24.2 Å². The number of rotatable bonds is 8. The standard InChI is InChI=1S/C21H28N2O4/c1-5-9-17(16-10-7-6-8-11-16)23-18(25)12-27-21(26)20-13(2)19(15(4)24)14(3)22-20/h6-8,10-11,15,17,22,24H,5,9,12H2,1-4H3,(H,23,25)/t15-,17-/m0/s1. The lowest BCUT2D eigenvalue weighted by Crippen LogP contribution is -2.32. The Balaban J connectivity index is 1.98. The minimum atomic E-state index is -0.688. The minimum absolute atomic E-state index is 0.112. The van der Waals surface area contributed by atoms with Crippen LogP contribution >= 0.6 is 0 Å². The van der Waals surface area contributed by atoms with Crippen LogP contribution in [0.25, 0.3) is 0 Å². The van der Waals surface area contributed by atoms with Crippen LogP contribution < -0.4 is 5.32 Å². The number of ether oxygens (including phenoxy) is 1. The Kier molecular flexibility index (Phi) is 7.19. The lowest BCUT2D eigenvalue weighted by Gasteiger charge is -2.18. The van der Waals surface area contributed by atoms with Crippen molar-refractivity contribution in [2.45, 2.75) is 52.7 Å². The lowest BCUT2D eigenvalue weighted by atomic mass is 10.0. The molecule has 1 aromatic heterocycles. The number of carbonyl (C=O) groups is 2. The van der Waals surface area contributed by atoms with Gasteiger partial charge in [-0.05, 0) is 38.3 Å². The summed E-state index contributed by atoms with van der Waals surface area (Å²) in [6.07, 6.45) is 1.03. The molecule has 2 aromatic rings. The third kappa shape index (κ3) is 5.20. The van der Waals surface area contributed by atoms with Crippen LogP contribution in [0, 0.1) is 13.8 Å². The summed E-state index contributed by atoms with van der Waals surface area (Å²) < 4.78 is 5.17. The second-order valence-electron chi connectivity index (χ2n) is 6.74. The number of hydrogen-bond donors (Lipinski definition) is 3. The van der Waals surface area contributed by atoms with Crippen molar-refractivity contribution >= 4 is 11.9 Å². The van der Waals surface area contributed by atoms with E-state index in [4.69, 9.17) is 4.74 Å². The van der Waals surface area contributed by atoms with E-state index in [9.17, 15) is 14.7 Å². The van der Waals surface area contributed by atoms with Crippen LogP contribution in [0.1, 0.15) is 71.7 Å². The number of amides is 1. The number of aliphatic hydroxyl groups is 1. The molecule has 6 heteroatoms. The molecular weight excluding hydrogens is 344 g/mol. The van der Waals surface area contributed by atoms with Gasteiger partial charge in [0.25, 0.3) is 5.91 Å². The Hall–Kier alpha value is -2.60. The maximum atomic E-state index is 12.3. The van der Waals surface area contributed by atoms with Crippen molar-refractivity contribution in [3.63, 3.8) is 0 Å². The number of esters is 1. The molecule has 0 saturated carbocycles. The topological polar surface area (TPSA) is 91.4 Å². The molecule has 0 bridgehead atoms. The highest BCUT2D eigenvalue weighted by Crippen LogP contribution is 2.25. The summed E-state index contributed by atoms with van der Waals surface area (Å²) in [5.74, 6) is -0.952. The van der Waals surface area contributed by atoms with Gasteiger partial charge in [0.15, 0.2) is 6.61 Å². The molecule has 0 fully saturated rings. The highest BCUT2D eigenvalue weighted by atomic mass is 16.5. The second-order valence-corrected chi connectivity index (χ2v) is 6.74. The normalized spacial score (nSPS) is 13.1. The Labute approximate surface area is 159 Å². The molecule has 0 unspecified atom stereocenters. The van der Waals surface area contributed by atoms with Gasteiger partial charge in [-0.3, -0.25) is 4.79 Å². The fourth-order valence-corrected chi connectivity index (χ4v) is 3.33. The summed E-state index contributed by atoms with van der Waals surface area (Å²) in [5, 5.41) is 12.7. The molecule has 2 rings (SSSR count). The van der Waals surface area contributed by atoms with Crippen molar-refractivity contribution in [1.82, 2.24) is 10.3 Å². The third-order valence-corrected chi connectivity index (χ3v) is 4.57. The zero-order chi connectivity index (χ0) is 20.0. The summed E-state index contributed by atoms with van der Waals surface area (Å²) in [4.78, 5) is 27.5. The molecule has 0 spiro atoms. The quantitative estimate of drug-likeness (QED) is 0.619. The van der Waals surface area contributed by atoms with Crippen LogP contribution in [0.2, 0.25) is 0 Å². The molecule has 0 aliphatic heterocycles. The smallest absolute Gasteiger partial charge is 0.355 e. The van der Waals surface area contributed by atoms with Gasteiger partial charge in [-0.25, -0.2) is 4.79 Å². The molecule has 27 heavy (non-hydrogen) atoms. The number of aromatic nitrogens is 1. The predicted octanol–water partition coefficient (Wildman–Crippen LogP) is 3.50. The fourth-order valence-electron chi connectivity index (χ4n) is 3.33. The summed E-state index contributed by atoms with van der Waals surface area (Å²) >= 11 is 0. The maximum absolute atomic E-state index is 12.3. The summed E-state index contributed by atoms with van der Waals surface area (Å²) in [6, 6.07) is 9.61. The number of aryl methyl sites for hydroxylation is 1. The van der Waals surface area contributed by atoms with Gasteiger partial charge in [-0.15, -0.1) is 0 Å². The van der Waals surface area contributed by atoms with Gasteiger partial charge in [-0.2, -0.15) is 0 Å². The first-order valence-corrected chi connectivity index (χ1v) is 9.23. The van der Waals surface area contributed by atoms with Gasteiger partial charge in [0.1, 0.15) is 5.69 Å². The fraction of sp³-hybridized carbons (Fsp3) is 0.429. The molecule has 6 nitrogen and oxygen atoms in total. The highest BCUT2D eigenvalue weighted by Gasteiger charge is 2.22. The average Bonchev–Trinajstić information content (AvgIpc) is 2.94. The molecule has 2 atom stereocenters. The Bertz CT molecular complexity index is 781. The largest absolute Gasteiger partial charge is 0.451 e.